The van der Waals surface area contributed by atoms with Crippen molar-refractivity contribution in [2.45, 2.75) is 32.0 Å². The van der Waals surface area contributed by atoms with E-state index in [2.05, 4.69) is 5.32 Å². The second-order valence-electron chi connectivity index (χ2n) is 4.75. The fourth-order valence-electron chi connectivity index (χ4n) is 2.03. The molecule has 0 heterocycles. The standard InChI is InChI=1S/C13H18F3NO/c1-9(2)8-12(18,13(14,15)16)10-6-4-5-7-11(10)17-3/h4-7,9,17-18H,8H2,1-3H3. The van der Waals surface area contributed by atoms with Crippen LogP contribution in [-0.2, 0) is 5.60 Å². The third-order valence-corrected chi connectivity index (χ3v) is 2.81. The maximum Gasteiger partial charge on any atom is 0.421 e. The number of hydrogen-bond acceptors (Lipinski definition) is 2. The third-order valence-electron chi connectivity index (χ3n) is 2.81. The molecule has 0 bridgehead atoms. The highest BCUT2D eigenvalue weighted by Crippen LogP contribution is 2.45. The largest absolute Gasteiger partial charge is 0.421 e. The van der Waals surface area contributed by atoms with E-state index in [0.717, 1.165) is 0 Å². The molecule has 2 nitrogen and oxygen atoms in total. The van der Waals surface area contributed by atoms with Crippen molar-refractivity contribution in [1.29, 1.82) is 0 Å². The zero-order valence-corrected chi connectivity index (χ0v) is 10.7. The number of halogens is 3. The minimum absolute atomic E-state index is 0.131. The summed E-state index contributed by atoms with van der Waals surface area (Å²) in [5.74, 6) is -0.276. The first-order valence-electron chi connectivity index (χ1n) is 5.78. The van der Waals surface area contributed by atoms with Gasteiger partial charge >= 0.3 is 6.18 Å². The van der Waals surface area contributed by atoms with E-state index in [4.69, 9.17) is 0 Å². The molecule has 0 aliphatic heterocycles. The summed E-state index contributed by atoms with van der Waals surface area (Å²) in [6, 6.07) is 5.95. The smallest absolute Gasteiger partial charge is 0.388 e. The summed E-state index contributed by atoms with van der Waals surface area (Å²) in [4.78, 5) is 0. The van der Waals surface area contributed by atoms with E-state index in [0.29, 0.717) is 0 Å². The van der Waals surface area contributed by atoms with Crippen LogP contribution < -0.4 is 5.32 Å². The lowest BCUT2D eigenvalue weighted by Gasteiger charge is -2.33. The summed E-state index contributed by atoms with van der Waals surface area (Å²) in [6.45, 7) is 3.30. The summed E-state index contributed by atoms with van der Waals surface area (Å²) in [5, 5.41) is 12.8. The lowest BCUT2D eigenvalue weighted by atomic mass is 9.84. The molecule has 102 valence electrons. The Hall–Kier alpha value is -1.23. The van der Waals surface area contributed by atoms with Crippen molar-refractivity contribution in [3.8, 4) is 0 Å². The van der Waals surface area contributed by atoms with Crippen molar-refractivity contribution in [2.75, 3.05) is 12.4 Å². The number of hydrogen-bond donors (Lipinski definition) is 2. The molecule has 0 saturated carbocycles. The molecule has 1 aromatic rings. The molecule has 1 atom stereocenters. The summed E-state index contributed by atoms with van der Waals surface area (Å²) in [5.41, 5.74) is -2.66. The fourth-order valence-corrected chi connectivity index (χ4v) is 2.03. The Balaban J connectivity index is 3.35. The molecule has 1 aromatic carbocycles. The highest BCUT2D eigenvalue weighted by molar-refractivity contribution is 5.54. The molecule has 0 amide bonds. The first-order valence-corrected chi connectivity index (χ1v) is 5.78. The minimum Gasteiger partial charge on any atom is -0.388 e. The van der Waals surface area contributed by atoms with Crippen LogP contribution in [0.4, 0.5) is 18.9 Å². The summed E-state index contributed by atoms with van der Waals surface area (Å²) >= 11 is 0. The van der Waals surface area contributed by atoms with Crippen molar-refractivity contribution in [2.24, 2.45) is 5.92 Å². The second kappa shape index (κ2) is 5.18. The summed E-state index contributed by atoms with van der Waals surface area (Å²) in [7, 11) is 1.53. The number of anilines is 1. The Kier molecular flexibility index (Phi) is 4.27. The molecule has 1 rings (SSSR count). The van der Waals surface area contributed by atoms with Crippen LogP contribution in [0.1, 0.15) is 25.8 Å². The Labute approximate surface area is 105 Å². The van der Waals surface area contributed by atoms with Crippen LogP contribution in [0.2, 0.25) is 0 Å². The third kappa shape index (κ3) is 2.77. The Morgan fingerprint density at radius 3 is 2.22 bits per heavy atom. The van der Waals surface area contributed by atoms with Crippen LogP contribution in [0.25, 0.3) is 0 Å². The molecule has 0 radical (unpaired) electrons. The van der Waals surface area contributed by atoms with Crippen LogP contribution in [0.3, 0.4) is 0 Å². The zero-order chi connectivity index (χ0) is 14.0. The van der Waals surface area contributed by atoms with E-state index < -0.39 is 11.8 Å². The van der Waals surface area contributed by atoms with Gasteiger partial charge in [-0.2, -0.15) is 13.2 Å². The van der Waals surface area contributed by atoms with Gasteiger partial charge < -0.3 is 10.4 Å². The molecule has 0 spiro atoms. The number of rotatable bonds is 4. The predicted molar refractivity (Wildman–Crippen MR) is 65.4 cm³/mol. The van der Waals surface area contributed by atoms with Gasteiger partial charge in [0.2, 0.25) is 0 Å². The number of nitrogens with one attached hydrogen (secondary N) is 1. The van der Waals surface area contributed by atoms with Gasteiger partial charge in [-0.3, -0.25) is 0 Å². The summed E-state index contributed by atoms with van der Waals surface area (Å²) in [6.07, 6.45) is -5.07. The molecular weight excluding hydrogens is 243 g/mol. The van der Waals surface area contributed by atoms with Crippen molar-refractivity contribution < 1.29 is 18.3 Å². The monoisotopic (exact) mass is 261 g/mol. The lowest BCUT2D eigenvalue weighted by Crippen LogP contribution is -2.43. The Morgan fingerprint density at radius 1 is 1.22 bits per heavy atom. The lowest BCUT2D eigenvalue weighted by molar-refractivity contribution is -0.271. The molecule has 2 N–H and O–H groups in total. The number of para-hydroxylation sites is 1. The van der Waals surface area contributed by atoms with Crippen molar-refractivity contribution in [3.05, 3.63) is 29.8 Å². The quantitative estimate of drug-likeness (QED) is 0.869. The highest BCUT2D eigenvalue weighted by Gasteiger charge is 2.55. The van der Waals surface area contributed by atoms with Gasteiger partial charge in [-0.05, 0) is 18.4 Å². The van der Waals surface area contributed by atoms with Crippen LogP contribution in [-0.4, -0.2) is 18.3 Å². The maximum atomic E-state index is 13.2. The zero-order valence-electron chi connectivity index (χ0n) is 10.7. The molecule has 0 aliphatic carbocycles. The second-order valence-corrected chi connectivity index (χ2v) is 4.75. The van der Waals surface area contributed by atoms with Crippen LogP contribution >= 0.6 is 0 Å². The van der Waals surface area contributed by atoms with Crippen LogP contribution in [0.5, 0.6) is 0 Å². The van der Waals surface area contributed by atoms with Crippen molar-refractivity contribution in [1.82, 2.24) is 0 Å². The Bertz CT molecular complexity index is 403. The van der Waals surface area contributed by atoms with Crippen LogP contribution in [0, 0.1) is 5.92 Å². The van der Waals surface area contributed by atoms with Gasteiger partial charge in [0.05, 0.1) is 0 Å². The van der Waals surface area contributed by atoms with Crippen LogP contribution in [0.15, 0.2) is 24.3 Å². The van der Waals surface area contributed by atoms with E-state index in [1.165, 1.54) is 25.2 Å². The average Bonchev–Trinajstić information content (AvgIpc) is 2.26. The fraction of sp³-hybridized carbons (Fsp3) is 0.538. The molecule has 5 heteroatoms. The molecule has 18 heavy (non-hydrogen) atoms. The first-order chi connectivity index (χ1) is 8.22. The van der Waals surface area contributed by atoms with Gasteiger partial charge in [-0.15, -0.1) is 0 Å². The van der Waals surface area contributed by atoms with Crippen molar-refractivity contribution >= 4 is 5.69 Å². The van der Waals surface area contributed by atoms with Crippen molar-refractivity contribution in [3.63, 3.8) is 0 Å². The average molecular weight is 261 g/mol. The SMILES string of the molecule is CNc1ccccc1C(O)(CC(C)C)C(F)(F)F. The van der Waals surface area contributed by atoms with Gasteiger partial charge in [0.15, 0.2) is 5.60 Å². The van der Waals surface area contributed by atoms with Gasteiger partial charge in [-0.1, -0.05) is 32.0 Å². The normalized spacial score (nSPS) is 15.6. The molecule has 0 aliphatic rings. The molecule has 0 aromatic heterocycles. The first kappa shape index (κ1) is 14.8. The molecular formula is C13H18F3NO. The summed E-state index contributed by atoms with van der Waals surface area (Å²) < 4.78 is 39.6. The van der Waals surface area contributed by atoms with E-state index >= 15 is 0 Å². The van der Waals surface area contributed by atoms with E-state index in [-0.39, 0.29) is 23.6 Å². The van der Waals surface area contributed by atoms with E-state index in [1.807, 2.05) is 0 Å². The van der Waals surface area contributed by atoms with Gasteiger partial charge in [0, 0.05) is 18.3 Å². The highest BCUT2D eigenvalue weighted by atomic mass is 19.4. The van der Waals surface area contributed by atoms with E-state index in [1.54, 1.807) is 19.9 Å². The van der Waals surface area contributed by atoms with E-state index in [9.17, 15) is 18.3 Å². The van der Waals surface area contributed by atoms with Gasteiger partial charge in [0.1, 0.15) is 0 Å². The predicted octanol–water partition coefficient (Wildman–Crippen LogP) is 3.52. The number of aliphatic hydroxyl groups is 1. The van der Waals surface area contributed by atoms with Gasteiger partial charge in [-0.25, -0.2) is 0 Å². The minimum atomic E-state index is -4.70. The molecule has 0 saturated heterocycles. The van der Waals surface area contributed by atoms with Gasteiger partial charge in [0.25, 0.3) is 0 Å². The molecule has 1 unspecified atom stereocenters. The Morgan fingerprint density at radius 2 is 1.78 bits per heavy atom. The molecule has 0 fully saturated rings. The topological polar surface area (TPSA) is 32.3 Å². The number of alkyl halides is 3. The number of benzene rings is 1. The maximum absolute atomic E-state index is 13.2.